The molecule has 1 aromatic rings. The van der Waals surface area contributed by atoms with Gasteiger partial charge in [-0.25, -0.2) is 0 Å². The first-order valence-electron chi connectivity index (χ1n) is 7.61. The number of piperidine rings is 1. The largest absolute Gasteiger partial charge is 0.508 e. The van der Waals surface area contributed by atoms with Crippen molar-refractivity contribution < 1.29 is 9.90 Å². The van der Waals surface area contributed by atoms with Gasteiger partial charge in [-0.3, -0.25) is 4.79 Å². The topological polar surface area (TPSA) is 52.6 Å². The maximum atomic E-state index is 12.2. The molecule has 21 heavy (non-hydrogen) atoms. The smallest absolute Gasteiger partial charge is 0.236 e. The second-order valence-electron chi connectivity index (χ2n) is 5.49. The highest BCUT2D eigenvalue weighted by Crippen LogP contribution is 2.29. The van der Waals surface area contributed by atoms with Crippen LogP contribution in [0.25, 0.3) is 0 Å². The number of rotatable bonds is 5. The minimum atomic E-state index is -0.0174. The first-order chi connectivity index (χ1) is 10.1. The fraction of sp³-hybridized carbons (Fsp3) is 0.562. The molecule has 0 saturated carbocycles. The Bertz CT molecular complexity index is 487. The Morgan fingerprint density at radius 1 is 1.38 bits per heavy atom. The minimum absolute atomic E-state index is 0.0174. The van der Waals surface area contributed by atoms with Gasteiger partial charge < -0.3 is 15.3 Å². The number of nitrogens with zero attached hydrogens (tertiary/aromatic N) is 1. The van der Waals surface area contributed by atoms with E-state index in [0.717, 1.165) is 42.4 Å². The highest BCUT2D eigenvalue weighted by molar-refractivity contribution is 9.10. The fourth-order valence-corrected chi connectivity index (χ4v) is 3.12. The molecule has 1 aliphatic heterocycles. The predicted octanol–water partition coefficient (Wildman–Crippen LogP) is 3.21. The number of benzene rings is 1. The van der Waals surface area contributed by atoms with E-state index in [-0.39, 0.29) is 17.7 Å². The molecule has 0 bridgehead atoms. The minimum Gasteiger partial charge on any atom is -0.508 e. The van der Waals surface area contributed by atoms with E-state index in [1.807, 2.05) is 24.0 Å². The van der Waals surface area contributed by atoms with Gasteiger partial charge in [0, 0.05) is 29.2 Å². The van der Waals surface area contributed by atoms with Crippen molar-refractivity contribution in [3.8, 4) is 5.75 Å². The van der Waals surface area contributed by atoms with Gasteiger partial charge in [0.2, 0.25) is 5.91 Å². The Hall–Kier alpha value is -1.07. The van der Waals surface area contributed by atoms with Gasteiger partial charge in [-0.2, -0.15) is 0 Å². The van der Waals surface area contributed by atoms with Crippen molar-refractivity contribution in [3.05, 3.63) is 28.2 Å². The molecular weight excluding hydrogens is 332 g/mol. The monoisotopic (exact) mass is 354 g/mol. The quantitative estimate of drug-likeness (QED) is 0.853. The van der Waals surface area contributed by atoms with E-state index in [1.54, 1.807) is 6.07 Å². The predicted molar refractivity (Wildman–Crippen MR) is 87.3 cm³/mol. The SMILES string of the molecule is CCC(NCC(=O)N1CCCCC1)c1cc(Br)ccc1O. The first kappa shape index (κ1) is 16.3. The van der Waals surface area contributed by atoms with E-state index in [1.165, 1.54) is 6.42 Å². The number of hydrogen-bond donors (Lipinski definition) is 2. The lowest BCUT2D eigenvalue weighted by molar-refractivity contribution is -0.131. The maximum absolute atomic E-state index is 12.2. The summed E-state index contributed by atoms with van der Waals surface area (Å²) in [5.41, 5.74) is 0.832. The molecule has 1 heterocycles. The third kappa shape index (κ3) is 4.45. The number of aromatic hydroxyl groups is 1. The van der Waals surface area contributed by atoms with Crippen LogP contribution in [0.5, 0.6) is 5.75 Å². The van der Waals surface area contributed by atoms with Gasteiger partial charge in [-0.1, -0.05) is 22.9 Å². The Kier molecular flexibility index (Phi) is 6.06. The summed E-state index contributed by atoms with van der Waals surface area (Å²) in [7, 11) is 0. The van der Waals surface area contributed by atoms with Crippen molar-refractivity contribution in [2.24, 2.45) is 0 Å². The number of carbonyl (C=O) groups excluding carboxylic acids is 1. The molecule has 0 radical (unpaired) electrons. The van der Waals surface area contributed by atoms with Crippen molar-refractivity contribution in [1.82, 2.24) is 10.2 Å². The zero-order chi connectivity index (χ0) is 15.2. The molecule has 0 spiro atoms. The lowest BCUT2D eigenvalue weighted by Crippen LogP contribution is -2.41. The highest BCUT2D eigenvalue weighted by atomic mass is 79.9. The maximum Gasteiger partial charge on any atom is 0.236 e. The molecule has 2 N–H and O–H groups in total. The van der Waals surface area contributed by atoms with E-state index in [2.05, 4.69) is 21.2 Å². The molecule has 0 aliphatic carbocycles. The molecule has 1 atom stereocenters. The van der Waals surface area contributed by atoms with Crippen LogP contribution in [-0.4, -0.2) is 35.5 Å². The molecule has 1 amide bonds. The van der Waals surface area contributed by atoms with Crippen molar-refractivity contribution >= 4 is 21.8 Å². The molecule has 5 heteroatoms. The fourth-order valence-electron chi connectivity index (χ4n) is 2.74. The summed E-state index contributed by atoms with van der Waals surface area (Å²) >= 11 is 3.42. The number of carbonyl (C=O) groups is 1. The van der Waals surface area contributed by atoms with Crippen LogP contribution in [0.4, 0.5) is 0 Å². The summed E-state index contributed by atoms with van der Waals surface area (Å²) in [5.74, 6) is 0.422. The number of nitrogens with one attached hydrogen (secondary N) is 1. The zero-order valence-electron chi connectivity index (χ0n) is 12.4. The van der Waals surface area contributed by atoms with Gasteiger partial charge in [0.1, 0.15) is 5.75 Å². The molecule has 1 unspecified atom stereocenters. The van der Waals surface area contributed by atoms with Gasteiger partial charge in [-0.05, 0) is 43.9 Å². The van der Waals surface area contributed by atoms with Gasteiger partial charge in [0.25, 0.3) is 0 Å². The number of halogens is 1. The number of amides is 1. The summed E-state index contributed by atoms with van der Waals surface area (Å²) in [6, 6.07) is 5.37. The van der Waals surface area contributed by atoms with Crippen LogP contribution in [0.3, 0.4) is 0 Å². The highest BCUT2D eigenvalue weighted by Gasteiger charge is 2.19. The Morgan fingerprint density at radius 2 is 2.10 bits per heavy atom. The third-order valence-corrected chi connectivity index (χ3v) is 4.47. The Morgan fingerprint density at radius 3 is 2.76 bits per heavy atom. The number of phenolic OH excluding ortho intramolecular Hbond substituents is 1. The average Bonchev–Trinajstić information content (AvgIpc) is 2.51. The van der Waals surface area contributed by atoms with Crippen LogP contribution >= 0.6 is 15.9 Å². The summed E-state index contributed by atoms with van der Waals surface area (Å²) in [5, 5.41) is 13.3. The number of hydrogen-bond acceptors (Lipinski definition) is 3. The summed E-state index contributed by atoms with van der Waals surface area (Å²) < 4.78 is 0.929. The molecule has 1 saturated heterocycles. The molecule has 2 rings (SSSR count). The van der Waals surface area contributed by atoms with E-state index < -0.39 is 0 Å². The Balaban J connectivity index is 1.95. The first-order valence-corrected chi connectivity index (χ1v) is 8.40. The van der Waals surface area contributed by atoms with Crippen LogP contribution in [0.1, 0.15) is 44.2 Å². The normalized spacial score (nSPS) is 16.8. The van der Waals surface area contributed by atoms with E-state index >= 15 is 0 Å². The van der Waals surface area contributed by atoms with Crippen molar-refractivity contribution in [1.29, 1.82) is 0 Å². The third-order valence-electron chi connectivity index (χ3n) is 3.98. The number of phenols is 1. The van der Waals surface area contributed by atoms with Gasteiger partial charge in [0.15, 0.2) is 0 Å². The molecule has 1 aliphatic rings. The van der Waals surface area contributed by atoms with E-state index in [4.69, 9.17) is 0 Å². The van der Waals surface area contributed by atoms with Crippen LogP contribution in [0, 0.1) is 0 Å². The van der Waals surface area contributed by atoms with Gasteiger partial charge in [-0.15, -0.1) is 0 Å². The summed E-state index contributed by atoms with van der Waals surface area (Å²) in [6.45, 7) is 4.12. The van der Waals surface area contributed by atoms with Gasteiger partial charge >= 0.3 is 0 Å². The molecule has 0 aromatic heterocycles. The molecule has 4 nitrogen and oxygen atoms in total. The van der Waals surface area contributed by atoms with Crippen molar-refractivity contribution in [2.75, 3.05) is 19.6 Å². The standard InChI is InChI=1S/C16H23BrN2O2/c1-2-14(13-10-12(17)6-7-15(13)20)18-11-16(21)19-8-4-3-5-9-19/h6-7,10,14,18,20H,2-5,8-9,11H2,1H3. The van der Waals surface area contributed by atoms with Crippen LogP contribution < -0.4 is 5.32 Å². The molecule has 116 valence electrons. The van der Waals surface area contributed by atoms with Crippen LogP contribution in [0.2, 0.25) is 0 Å². The van der Waals surface area contributed by atoms with Crippen molar-refractivity contribution in [2.45, 2.75) is 38.6 Å². The van der Waals surface area contributed by atoms with Crippen LogP contribution in [0.15, 0.2) is 22.7 Å². The number of likely N-dealkylation sites (tertiary alicyclic amines) is 1. The van der Waals surface area contributed by atoms with Gasteiger partial charge in [0.05, 0.1) is 6.54 Å². The van der Waals surface area contributed by atoms with Crippen LogP contribution in [-0.2, 0) is 4.79 Å². The van der Waals surface area contributed by atoms with E-state index in [0.29, 0.717) is 6.54 Å². The second-order valence-corrected chi connectivity index (χ2v) is 6.40. The second kappa shape index (κ2) is 7.80. The zero-order valence-corrected chi connectivity index (χ0v) is 14.0. The molecular formula is C16H23BrN2O2. The van der Waals surface area contributed by atoms with Crippen molar-refractivity contribution in [3.63, 3.8) is 0 Å². The average molecular weight is 355 g/mol. The Labute approximate surface area is 134 Å². The lowest BCUT2D eigenvalue weighted by Gasteiger charge is -2.28. The summed E-state index contributed by atoms with van der Waals surface area (Å²) in [4.78, 5) is 14.1. The summed E-state index contributed by atoms with van der Waals surface area (Å²) in [6.07, 6.45) is 4.25. The lowest BCUT2D eigenvalue weighted by atomic mass is 10.0. The molecule has 1 fully saturated rings. The van der Waals surface area contributed by atoms with E-state index in [9.17, 15) is 9.90 Å². The molecule has 1 aromatic carbocycles.